The van der Waals surface area contributed by atoms with Crippen molar-refractivity contribution >= 4 is 24.1 Å². The summed E-state index contributed by atoms with van der Waals surface area (Å²) in [4.78, 5) is 46.7. The third-order valence-corrected chi connectivity index (χ3v) is 14.0. The molecule has 0 aromatic carbocycles. The molecule has 8 heteroatoms. The van der Waals surface area contributed by atoms with Gasteiger partial charge in [-0.1, -0.05) is 72.0 Å². The van der Waals surface area contributed by atoms with Crippen LogP contribution < -0.4 is 5.32 Å². The average Bonchev–Trinajstić information content (AvgIpc) is 3.66. The van der Waals surface area contributed by atoms with Crippen LogP contribution >= 0.6 is 0 Å². The van der Waals surface area contributed by atoms with Crippen LogP contribution in [0.15, 0.2) is 11.6 Å². The van der Waals surface area contributed by atoms with Gasteiger partial charge >= 0.3 is 5.97 Å². The predicted octanol–water partition coefficient (Wildman–Crippen LogP) is 7.93. The zero-order valence-electron chi connectivity index (χ0n) is 32.6. The lowest BCUT2D eigenvalue weighted by Gasteiger charge is -2.58. The largest absolute Gasteiger partial charge is 0.465 e. The number of carbonyl (C=O) groups excluding carboxylic acids is 4. The minimum absolute atomic E-state index is 0.00495. The number of amides is 2. The van der Waals surface area contributed by atoms with E-state index in [0.29, 0.717) is 42.7 Å². The molecule has 1 N–H and O–H groups in total. The maximum absolute atomic E-state index is 12.0. The number of Topliss-reactive ketones (excluding diaryl/α,β-unsaturated/α-hetero) is 1. The van der Waals surface area contributed by atoms with Crippen LogP contribution in [0.5, 0.6) is 0 Å². The van der Waals surface area contributed by atoms with Crippen molar-refractivity contribution in [1.82, 2.24) is 10.2 Å². The fourth-order valence-electron chi connectivity index (χ4n) is 11.1. The van der Waals surface area contributed by atoms with Gasteiger partial charge in [0.15, 0.2) is 5.78 Å². The molecule has 5 rings (SSSR count). The SMILES string of the molecule is CCOC(=O)C1CN(C(=O)CCCCCNC=O)CC1=O.COC1CCC2(C)C(=CCC3C2CCC2(C)C(C(C)CCCC(C)C)CCC32)C1. The Bertz CT molecular complexity index is 1180. The number of unbranched alkanes of at least 4 members (excludes halogenated alkanes) is 2. The number of carbonyl (C=O) groups is 4. The number of hydrogen-bond acceptors (Lipinski definition) is 6. The van der Waals surface area contributed by atoms with Gasteiger partial charge in [0.2, 0.25) is 12.3 Å². The second-order valence-electron chi connectivity index (χ2n) is 17.3. The molecule has 50 heavy (non-hydrogen) atoms. The number of nitrogens with one attached hydrogen (secondary N) is 1. The number of allylic oxidation sites excluding steroid dienone is 1. The van der Waals surface area contributed by atoms with Gasteiger partial charge in [0.25, 0.3) is 0 Å². The summed E-state index contributed by atoms with van der Waals surface area (Å²) < 4.78 is 10.6. The van der Waals surface area contributed by atoms with Crippen LogP contribution in [0.4, 0.5) is 0 Å². The number of ketones is 1. The van der Waals surface area contributed by atoms with E-state index < -0.39 is 11.9 Å². The highest BCUT2D eigenvalue weighted by atomic mass is 16.5. The fraction of sp³-hybridized carbons (Fsp3) is 0.857. The Hall–Kier alpha value is -2.22. The summed E-state index contributed by atoms with van der Waals surface area (Å²) in [6.45, 7) is 15.3. The highest BCUT2D eigenvalue weighted by Crippen LogP contribution is 2.67. The number of methoxy groups -OCH3 is 1. The number of ether oxygens (including phenoxy) is 2. The Morgan fingerprint density at radius 1 is 1.02 bits per heavy atom. The summed E-state index contributed by atoms with van der Waals surface area (Å²) in [5.41, 5.74) is 2.85. The normalized spacial score (nSPS) is 33.7. The maximum Gasteiger partial charge on any atom is 0.318 e. The third kappa shape index (κ3) is 9.41. The van der Waals surface area contributed by atoms with Crippen molar-refractivity contribution in [2.45, 2.75) is 144 Å². The molecule has 0 bridgehead atoms. The van der Waals surface area contributed by atoms with Crippen molar-refractivity contribution in [3.63, 3.8) is 0 Å². The highest BCUT2D eigenvalue weighted by molar-refractivity contribution is 6.04. The van der Waals surface area contributed by atoms with Crippen LogP contribution in [0.3, 0.4) is 0 Å². The molecule has 5 aliphatic rings. The molecule has 9 unspecified atom stereocenters. The Balaban J connectivity index is 0.000000238. The molecule has 0 radical (unpaired) electrons. The van der Waals surface area contributed by atoms with E-state index in [1.807, 2.05) is 7.11 Å². The van der Waals surface area contributed by atoms with E-state index >= 15 is 0 Å². The molecule has 1 aliphatic heterocycles. The number of likely N-dealkylation sites (tertiary alicyclic amines) is 1. The molecular formula is C42H70N2O6. The number of nitrogens with zero attached hydrogens (tertiary/aromatic N) is 1. The minimum Gasteiger partial charge on any atom is -0.465 e. The van der Waals surface area contributed by atoms with Crippen LogP contribution in [0.25, 0.3) is 0 Å². The molecule has 3 saturated carbocycles. The minimum atomic E-state index is -0.828. The lowest BCUT2D eigenvalue weighted by Crippen LogP contribution is -2.50. The van der Waals surface area contributed by atoms with Gasteiger partial charge in [-0.2, -0.15) is 0 Å². The number of esters is 1. The molecule has 4 aliphatic carbocycles. The predicted molar refractivity (Wildman–Crippen MR) is 198 cm³/mol. The average molecular weight is 699 g/mol. The highest BCUT2D eigenvalue weighted by Gasteiger charge is 2.59. The van der Waals surface area contributed by atoms with E-state index in [-0.39, 0.29) is 31.4 Å². The number of rotatable bonds is 15. The first kappa shape index (κ1) is 40.5. The van der Waals surface area contributed by atoms with Gasteiger partial charge in [-0.15, -0.1) is 0 Å². The Morgan fingerprint density at radius 2 is 1.80 bits per heavy atom. The van der Waals surface area contributed by atoms with Crippen molar-refractivity contribution < 1.29 is 28.7 Å². The van der Waals surface area contributed by atoms with Crippen molar-refractivity contribution in [3.8, 4) is 0 Å². The quantitative estimate of drug-likeness (QED) is 0.0613. The van der Waals surface area contributed by atoms with Crippen molar-refractivity contribution in [3.05, 3.63) is 11.6 Å². The van der Waals surface area contributed by atoms with E-state index in [4.69, 9.17) is 9.47 Å². The zero-order chi connectivity index (χ0) is 36.5. The topological polar surface area (TPSA) is 102 Å². The van der Waals surface area contributed by atoms with Gasteiger partial charge in [0, 0.05) is 26.6 Å². The van der Waals surface area contributed by atoms with Crippen LogP contribution in [0, 0.1) is 52.3 Å². The summed E-state index contributed by atoms with van der Waals surface area (Å²) in [6.07, 6.45) is 22.0. The zero-order valence-corrected chi connectivity index (χ0v) is 32.6. The summed E-state index contributed by atoms with van der Waals surface area (Å²) in [7, 11) is 1.91. The Kier molecular flexibility index (Phi) is 15.0. The smallest absolute Gasteiger partial charge is 0.318 e. The molecule has 0 spiro atoms. The lowest BCUT2D eigenvalue weighted by atomic mass is 9.47. The monoisotopic (exact) mass is 699 g/mol. The van der Waals surface area contributed by atoms with E-state index in [1.54, 1.807) is 12.5 Å². The summed E-state index contributed by atoms with van der Waals surface area (Å²) in [6, 6.07) is 0. The van der Waals surface area contributed by atoms with E-state index in [1.165, 1.54) is 75.5 Å². The van der Waals surface area contributed by atoms with Crippen molar-refractivity contribution in [2.24, 2.45) is 52.3 Å². The molecule has 2 amide bonds. The van der Waals surface area contributed by atoms with Crippen LogP contribution in [-0.4, -0.2) is 68.4 Å². The standard InChI is InChI=1S/C28H48O.C14H22N2O5/c1-19(2)8-7-9-20(3)24-12-13-25-23-11-10-21-18-22(29-6)14-16-27(21,4)26(23)15-17-28(24,25)5;1-2-21-14(20)11-8-16(9-12(11)18)13(19)6-4-3-5-7-15-10-17/h10,19-20,22-26H,7-9,11-18H2,1-6H3;10-11H,2-9H2,1H3,(H,15,17). The van der Waals surface area contributed by atoms with Gasteiger partial charge in [-0.3, -0.25) is 19.2 Å². The first-order valence-corrected chi connectivity index (χ1v) is 20.3. The van der Waals surface area contributed by atoms with Gasteiger partial charge in [0.1, 0.15) is 5.92 Å². The van der Waals surface area contributed by atoms with Crippen LogP contribution in [0.2, 0.25) is 0 Å². The van der Waals surface area contributed by atoms with Gasteiger partial charge in [-0.05, 0) is 117 Å². The number of hydrogen-bond donors (Lipinski definition) is 1. The van der Waals surface area contributed by atoms with E-state index in [9.17, 15) is 19.2 Å². The van der Waals surface area contributed by atoms with Gasteiger partial charge in [0.05, 0.1) is 19.3 Å². The molecule has 0 aromatic heterocycles. The fourth-order valence-corrected chi connectivity index (χ4v) is 11.1. The van der Waals surface area contributed by atoms with Crippen molar-refractivity contribution in [1.29, 1.82) is 0 Å². The molecule has 284 valence electrons. The van der Waals surface area contributed by atoms with E-state index in [2.05, 4.69) is 46.0 Å². The van der Waals surface area contributed by atoms with Crippen molar-refractivity contribution in [2.75, 3.05) is 33.4 Å². The van der Waals surface area contributed by atoms with E-state index in [0.717, 1.165) is 48.3 Å². The molecule has 4 fully saturated rings. The molecule has 1 heterocycles. The second kappa shape index (κ2) is 18.5. The number of fused-ring (bicyclic) bond motifs is 5. The molecule has 1 saturated heterocycles. The van der Waals surface area contributed by atoms with Crippen LogP contribution in [-0.2, 0) is 28.7 Å². The Labute approximate surface area is 303 Å². The summed E-state index contributed by atoms with van der Waals surface area (Å²) >= 11 is 0. The maximum atomic E-state index is 12.0. The lowest BCUT2D eigenvalue weighted by molar-refractivity contribution is -0.149. The van der Waals surface area contributed by atoms with Gasteiger partial charge in [-0.25, -0.2) is 0 Å². The van der Waals surface area contributed by atoms with Gasteiger partial charge < -0.3 is 19.7 Å². The first-order chi connectivity index (χ1) is 23.9. The Morgan fingerprint density at radius 3 is 2.50 bits per heavy atom. The summed E-state index contributed by atoms with van der Waals surface area (Å²) in [5.74, 6) is 3.89. The molecule has 9 atom stereocenters. The molecule has 8 nitrogen and oxygen atoms in total. The molecule has 0 aromatic rings. The summed E-state index contributed by atoms with van der Waals surface area (Å²) in [5, 5.41) is 2.56. The van der Waals surface area contributed by atoms with Crippen LogP contribution in [0.1, 0.15) is 138 Å². The third-order valence-electron chi connectivity index (χ3n) is 14.0. The first-order valence-electron chi connectivity index (χ1n) is 20.3. The molecular weight excluding hydrogens is 628 g/mol. The second-order valence-corrected chi connectivity index (χ2v) is 17.3.